The normalized spacial score (nSPS) is 12.0. The van der Waals surface area contributed by atoms with Gasteiger partial charge in [0.2, 0.25) is 5.76 Å². The molecule has 0 aliphatic rings. The highest BCUT2D eigenvalue weighted by Gasteiger charge is 2.15. The van der Waals surface area contributed by atoms with Gasteiger partial charge in [0.15, 0.2) is 4.80 Å². The maximum atomic E-state index is 12.3. The molecule has 0 N–H and O–H groups in total. The summed E-state index contributed by atoms with van der Waals surface area (Å²) in [5, 5.41) is 14.7. The molecule has 0 aliphatic heterocycles. The molecule has 0 saturated carbocycles. The largest absolute Gasteiger partial charge is 0.380 e. The minimum atomic E-state index is -0.559. The number of non-ortho nitro benzene ring substituents is 1. The van der Waals surface area contributed by atoms with Gasteiger partial charge < -0.3 is 13.8 Å². The number of rotatable bonds is 6. The molecule has 9 nitrogen and oxygen atoms in total. The number of ether oxygens (including phenoxy) is 1. The van der Waals surface area contributed by atoms with E-state index in [1.165, 1.54) is 29.5 Å². The van der Waals surface area contributed by atoms with Crippen molar-refractivity contribution in [3.63, 3.8) is 0 Å². The number of aryl methyl sites for hydroxylation is 1. The molecule has 0 aliphatic carbocycles. The van der Waals surface area contributed by atoms with Crippen LogP contribution in [-0.4, -0.2) is 33.8 Å². The maximum absolute atomic E-state index is 12.3. The van der Waals surface area contributed by atoms with Crippen LogP contribution in [0.5, 0.6) is 0 Å². The summed E-state index contributed by atoms with van der Waals surface area (Å²) in [7, 11) is 0. The first-order valence-corrected chi connectivity index (χ1v) is 8.69. The van der Waals surface area contributed by atoms with E-state index in [0.29, 0.717) is 35.0 Å². The van der Waals surface area contributed by atoms with Gasteiger partial charge in [-0.15, -0.1) is 0 Å². The third kappa shape index (κ3) is 3.70. The van der Waals surface area contributed by atoms with Gasteiger partial charge in [-0.1, -0.05) is 16.5 Å². The van der Waals surface area contributed by atoms with Crippen molar-refractivity contribution in [3.8, 4) is 0 Å². The molecule has 2 heterocycles. The van der Waals surface area contributed by atoms with Gasteiger partial charge in [-0.3, -0.25) is 14.9 Å². The summed E-state index contributed by atoms with van der Waals surface area (Å²) < 4.78 is 12.8. The molecule has 0 fully saturated rings. The van der Waals surface area contributed by atoms with E-state index in [9.17, 15) is 14.9 Å². The number of amides is 1. The Hall–Kier alpha value is -2.85. The number of hydrogen-bond acceptors (Lipinski definition) is 7. The Morgan fingerprint density at radius 2 is 2.27 bits per heavy atom. The second kappa shape index (κ2) is 7.58. The molecule has 0 radical (unpaired) electrons. The Labute approximate surface area is 151 Å². The Morgan fingerprint density at radius 1 is 1.46 bits per heavy atom. The van der Waals surface area contributed by atoms with Gasteiger partial charge in [-0.2, -0.15) is 4.99 Å². The fourth-order valence-electron chi connectivity index (χ4n) is 2.38. The van der Waals surface area contributed by atoms with Crippen LogP contribution in [0.1, 0.15) is 23.2 Å². The predicted molar refractivity (Wildman–Crippen MR) is 94.1 cm³/mol. The molecular formula is C16H16N4O5S. The third-order valence-corrected chi connectivity index (χ3v) is 4.62. The number of nitrogens with zero attached hydrogens (tertiary/aromatic N) is 4. The molecule has 3 rings (SSSR count). The van der Waals surface area contributed by atoms with E-state index in [-0.39, 0.29) is 11.4 Å². The molecule has 10 heteroatoms. The van der Waals surface area contributed by atoms with E-state index in [0.717, 1.165) is 5.52 Å². The highest BCUT2D eigenvalue weighted by atomic mass is 32.1. The Balaban J connectivity index is 2.09. The van der Waals surface area contributed by atoms with Gasteiger partial charge in [0, 0.05) is 31.4 Å². The van der Waals surface area contributed by atoms with E-state index in [1.807, 2.05) is 6.92 Å². The highest BCUT2D eigenvalue weighted by molar-refractivity contribution is 7.16. The molecule has 26 heavy (non-hydrogen) atoms. The second-order valence-electron chi connectivity index (χ2n) is 5.39. The summed E-state index contributed by atoms with van der Waals surface area (Å²) in [4.78, 5) is 27.4. The number of benzene rings is 1. The number of hydrogen-bond donors (Lipinski definition) is 0. The molecule has 136 valence electrons. The summed E-state index contributed by atoms with van der Waals surface area (Å²) >= 11 is 1.20. The number of nitro benzene ring substituents is 1. The quantitative estimate of drug-likeness (QED) is 0.371. The second-order valence-corrected chi connectivity index (χ2v) is 6.40. The van der Waals surface area contributed by atoms with Gasteiger partial charge in [0.25, 0.3) is 5.69 Å². The first kappa shape index (κ1) is 18.0. The zero-order valence-corrected chi connectivity index (χ0v) is 15.0. The van der Waals surface area contributed by atoms with E-state index in [2.05, 4.69) is 10.1 Å². The van der Waals surface area contributed by atoms with Crippen molar-refractivity contribution in [1.82, 2.24) is 9.72 Å². The molecule has 0 unspecified atom stereocenters. The number of aromatic nitrogens is 2. The highest BCUT2D eigenvalue weighted by Crippen LogP contribution is 2.23. The van der Waals surface area contributed by atoms with E-state index in [4.69, 9.17) is 9.26 Å². The lowest BCUT2D eigenvalue weighted by Gasteiger charge is -2.05. The van der Waals surface area contributed by atoms with Crippen LogP contribution in [0.3, 0.4) is 0 Å². The van der Waals surface area contributed by atoms with Crippen LogP contribution in [0.4, 0.5) is 5.69 Å². The van der Waals surface area contributed by atoms with Crippen molar-refractivity contribution in [2.45, 2.75) is 20.4 Å². The Bertz CT molecular complexity index is 1030. The van der Waals surface area contributed by atoms with Crippen LogP contribution in [0.2, 0.25) is 0 Å². The van der Waals surface area contributed by atoms with Crippen LogP contribution in [0.25, 0.3) is 10.2 Å². The van der Waals surface area contributed by atoms with Crippen LogP contribution in [0, 0.1) is 17.0 Å². The minimum absolute atomic E-state index is 0.0144. The van der Waals surface area contributed by atoms with Crippen molar-refractivity contribution in [3.05, 3.63) is 50.6 Å². The summed E-state index contributed by atoms with van der Waals surface area (Å²) in [6.07, 6.45) is 0. The molecule has 0 saturated heterocycles. The van der Waals surface area contributed by atoms with Gasteiger partial charge >= 0.3 is 5.91 Å². The van der Waals surface area contributed by atoms with E-state index in [1.54, 1.807) is 17.6 Å². The maximum Gasteiger partial charge on any atom is 0.318 e. The Morgan fingerprint density at radius 3 is 2.92 bits per heavy atom. The molecule has 0 atom stereocenters. The smallest absolute Gasteiger partial charge is 0.318 e. The number of nitro groups is 1. The molecular weight excluding hydrogens is 360 g/mol. The van der Waals surface area contributed by atoms with Crippen molar-refractivity contribution in [2.24, 2.45) is 4.99 Å². The van der Waals surface area contributed by atoms with Crippen LogP contribution in [0.15, 0.2) is 33.8 Å². The van der Waals surface area contributed by atoms with Crippen molar-refractivity contribution in [1.29, 1.82) is 0 Å². The lowest BCUT2D eigenvalue weighted by molar-refractivity contribution is -0.384. The Kier molecular flexibility index (Phi) is 5.24. The zero-order valence-electron chi connectivity index (χ0n) is 14.2. The lowest BCUT2D eigenvalue weighted by Crippen LogP contribution is -2.19. The average molecular weight is 376 g/mol. The van der Waals surface area contributed by atoms with Gasteiger partial charge in [0.05, 0.1) is 27.4 Å². The van der Waals surface area contributed by atoms with Gasteiger partial charge in [-0.05, 0) is 19.9 Å². The number of thiazole rings is 1. The van der Waals surface area contributed by atoms with Crippen molar-refractivity contribution in [2.75, 3.05) is 13.2 Å². The topological polar surface area (TPSA) is 113 Å². The van der Waals surface area contributed by atoms with Crippen LogP contribution in [-0.2, 0) is 11.3 Å². The number of carbonyl (C=O) groups excluding carboxylic acids is 1. The van der Waals surface area contributed by atoms with Crippen LogP contribution < -0.4 is 4.80 Å². The number of fused-ring (bicyclic) bond motifs is 1. The first-order chi connectivity index (χ1) is 12.5. The van der Waals surface area contributed by atoms with E-state index < -0.39 is 10.8 Å². The SMILES string of the molecule is CCOCCn1c(=NC(=O)c2cc(C)no2)sc2cc([N+](=O)[O-])ccc21. The summed E-state index contributed by atoms with van der Waals surface area (Å²) in [6, 6.07) is 6.06. The molecule has 0 bridgehead atoms. The summed E-state index contributed by atoms with van der Waals surface area (Å²) in [5.74, 6) is -0.515. The molecule has 3 aromatic rings. The molecule has 1 aromatic carbocycles. The van der Waals surface area contributed by atoms with Crippen molar-refractivity contribution >= 4 is 33.1 Å². The fraction of sp³-hybridized carbons (Fsp3) is 0.312. The molecule has 1 amide bonds. The first-order valence-electron chi connectivity index (χ1n) is 7.87. The van der Waals surface area contributed by atoms with Crippen molar-refractivity contribution < 1.29 is 19.0 Å². The summed E-state index contributed by atoms with van der Waals surface area (Å²) in [6.45, 7) is 5.06. The average Bonchev–Trinajstić information content (AvgIpc) is 3.18. The lowest BCUT2D eigenvalue weighted by atomic mass is 10.3. The predicted octanol–water partition coefficient (Wildman–Crippen LogP) is 2.69. The zero-order chi connectivity index (χ0) is 18.7. The molecule has 0 spiro atoms. The third-order valence-electron chi connectivity index (χ3n) is 3.58. The van der Waals surface area contributed by atoms with Gasteiger partial charge in [-0.25, -0.2) is 0 Å². The summed E-state index contributed by atoms with van der Waals surface area (Å²) in [5.41, 5.74) is 1.32. The fourth-order valence-corrected chi connectivity index (χ4v) is 3.47. The molecule has 2 aromatic heterocycles. The minimum Gasteiger partial charge on any atom is -0.380 e. The monoisotopic (exact) mass is 376 g/mol. The van der Waals surface area contributed by atoms with Crippen LogP contribution >= 0.6 is 11.3 Å². The van der Waals surface area contributed by atoms with Gasteiger partial charge in [0.1, 0.15) is 0 Å². The number of carbonyl (C=O) groups is 1. The van der Waals surface area contributed by atoms with E-state index >= 15 is 0 Å². The standard InChI is InChI=1S/C16H16N4O5S/c1-3-24-7-6-19-12-5-4-11(20(22)23)9-14(12)26-16(19)17-15(21)13-8-10(2)18-25-13/h4-5,8-9H,3,6-7H2,1-2H3.